The molecule has 1 aromatic rings. The number of hydrogen-bond acceptors (Lipinski definition) is 5. The van der Waals surface area contributed by atoms with Gasteiger partial charge in [0.25, 0.3) is 0 Å². The van der Waals surface area contributed by atoms with Gasteiger partial charge in [0.1, 0.15) is 0 Å². The Labute approximate surface area is 123 Å². The average Bonchev–Trinajstić information content (AvgIpc) is 2.54. The van der Waals surface area contributed by atoms with Gasteiger partial charge in [0.15, 0.2) is 5.41 Å². The van der Waals surface area contributed by atoms with Crippen molar-refractivity contribution < 1.29 is 0 Å². The highest BCUT2D eigenvalue weighted by molar-refractivity contribution is 5.48. The van der Waals surface area contributed by atoms with E-state index in [0.717, 1.165) is 0 Å². The van der Waals surface area contributed by atoms with Crippen LogP contribution in [0.3, 0.4) is 0 Å². The highest BCUT2D eigenvalue weighted by Gasteiger charge is 2.61. The topological polar surface area (TPSA) is 107 Å². The number of nitrogens with zero attached hydrogens (tertiary/aromatic N) is 4. The molecule has 0 radical (unpaired) electrons. The van der Waals surface area contributed by atoms with E-state index in [1.807, 2.05) is 30.3 Å². The predicted octanol–water partition coefficient (Wildman–Crippen LogP) is 2.30. The normalized spacial score (nSPS) is 21.4. The molecule has 0 saturated heterocycles. The summed E-state index contributed by atoms with van der Waals surface area (Å²) in [5.41, 5.74) is -2.36. The molecular weight excluding hydrogens is 262 g/mol. The minimum atomic E-state index is -1.82. The Morgan fingerprint density at radius 2 is 1.52 bits per heavy atom. The molecule has 0 fully saturated rings. The first kappa shape index (κ1) is 14.1. The van der Waals surface area contributed by atoms with Crippen LogP contribution in [0.25, 0.3) is 0 Å². The standard InChI is InChI=1S/C16H11N5/c1-12-7-15(8-17,9-18)16(10-19,11-20)14(21-12)13-5-3-2-4-6-13/h2-7,14,21H,1H3/t14-/m0/s1. The molecule has 0 unspecified atom stereocenters. The minimum Gasteiger partial charge on any atom is -0.379 e. The lowest BCUT2D eigenvalue weighted by Crippen LogP contribution is -2.50. The van der Waals surface area contributed by atoms with Crippen LogP contribution >= 0.6 is 0 Å². The Bertz CT molecular complexity index is 721. The van der Waals surface area contributed by atoms with Gasteiger partial charge in [-0.1, -0.05) is 30.3 Å². The summed E-state index contributed by atoms with van der Waals surface area (Å²) in [6.45, 7) is 1.71. The fraction of sp³-hybridized carbons (Fsp3) is 0.250. The Morgan fingerprint density at radius 3 is 2.00 bits per heavy atom. The van der Waals surface area contributed by atoms with Crippen molar-refractivity contribution in [2.45, 2.75) is 13.0 Å². The lowest BCUT2D eigenvalue weighted by Gasteiger charge is -2.41. The molecular formula is C16H11N5. The van der Waals surface area contributed by atoms with Crippen LogP contribution in [0.1, 0.15) is 18.5 Å². The number of nitrogens with one attached hydrogen (secondary N) is 1. The zero-order chi connectivity index (χ0) is 15.5. The smallest absolute Gasteiger partial charge is 0.202 e. The maximum atomic E-state index is 9.61. The predicted molar refractivity (Wildman–Crippen MR) is 73.4 cm³/mol. The van der Waals surface area contributed by atoms with E-state index in [0.29, 0.717) is 11.3 Å². The summed E-state index contributed by atoms with van der Waals surface area (Å²) >= 11 is 0. The molecule has 5 heteroatoms. The van der Waals surface area contributed by atoms with Crippen molar-refractivity contribution in [1.29, 1.82) is 21.0 Å². The third kappa shape index (κ3) is 1.81. The summed E-state index contributed by atoms with van der Waals surface area (Å²) in [7, 11) is 0. The van der Waals surface area contributed by atoms with E-state index < -0.39 is 16.9 Å². The maximum absolute atomic E-state index is 9.61. The van der Waals surface area contributed by atoms with Crippen molar-refractivity contribution in [2.75, 3.05) is 0 Å². The van der Waals surface area contributed by atoms with Crippen molar-refractivity contribution in [3.63, 3.8) is 0 Å². The van der Waals surface area contributed by atoms with Crippen molar-refractivity contribution in [3.8, 4) is 24.3 Å². The van der Waals surface area contributed by atoms with Gasteiger partial charge in [-0.15, -0.1) is 0 Å². The molecule has 0 amide bonds. The Balaban J connectivity index is 2.78. The Hall–Kier alpha value is -3.28. The van der Waals surface area contributed by atoms with Gasteiger partial charge in [-0.25, -0.2) is 0 Å². The summed E-state index contributed by atoms with van der Waals surface area (Å²) in [6, 6.07) is 15.7. The second kappa shape index (κ2) is 5.01. The first-order valence-electron chi connectivity index (χ1n) is 6.25. The van der Waals surface area contributed by atoms with Crippen LogP contribution in [0.5, 0.6) is 0 Å². The van der Waals surface area contributed by atoms with Crippen LogP contribution < -0.4 is 5.32 Å². The third-order valence-corrected chi connectivity index (χ3v) is 3.70. The molecule has 0 aliphatic carbocycles. The monoisotopic (exact) mass is 273 g/mol. The SMILES string of the molecule is CC1=CC(C#N)(C#N)C(C#N)(C#N)[C@H](c2ccccc2)N1. The fourth-order valence-electron chi connectivity index (χ4n) is 2.62. The van der Waals surface area contributed by atoms with E-state index in [2.05, 4.69) is 5.32 Å². The van der Waals surface area contributed by atoms with Gasteiger partial charge in [0, 0.05) is 5.70 Å². The van der Waals surface area contributed by atoms with Crippen LogP contribution in [-0.2, 0) is 0 Å². The van der Waals surface area contributed by atoms with E-state index in [9.17, 15) is 21.0 Å². The molecule has 1 aliphatic heterocycles. The van der Waals surface area contributed by atoms with Crippen molar-refractivity contribution in [3.05, 3.63) is 47.7 Å². The van der Waals surface area contributed by atoms with Gasteiger partial charge in [-0.2, -0.15) is 21.0 Å². The highest BCUT2D eigenvalue weighted by atomic mass is 15.0. The second-order valence-electron chi connectivity index (χ2n) is 4.88. The summed E-state index contributed by atoms with van der Waals surface area (Å²) < 4.78 is 0. The molecule has 0 bridgehead atoms. The van der Waals surface area contributed by atoms with Gasteiger partial charge in [0.05, 0.1) is 30.3 Å². The number of nitriles is 4. The molecule has 21 heavy (non-hydrogen) atoms. The van der Waals surface area contributed by atoms with Crippen molar-refractivity contribution >= 4 is 0 Å². The largest absolute Gasteiger partial charge is 0.379 e. The highest BCUT2D eigenvalue weighted by Crippen LogP contribution is 2.51. The van der Waals surface area contributed by atoms with Crippen LogP contribution in [-0.4, -0.2) is 0 Å². The second-order valence-corrected chi connectivity index (χ2v) is 4.88. The van der Waals surface area contributed by atoms with E-state index in [1.54, 1.807) is 31.2 Å². The summed E-state index contributed by atoms with van der Waals surface area (Å²) in [6.07, 6.45) is 1.36. The van der Waals surface area contributed by atoms with E-state index in [1.165, 1.54) is 6.08 Å². The zero-order valence-electron chi connectivity index (χ0n) is 11.3. The van der Waals surface area contributed by atoms with Gasteiger partial charge in [-0.05, 0) is 18.6 Å². The molecule has 0 spiro atoms. The van der Waals surface area contributed by atoms with E-state index in [4.69, 9.17) is 0 Å². The lowest BCUT2D eigenvalue weighted by atomic mass is 9.59. The van der Waals surface area contributed by atoms with Crippen LogP contribution in [0.15, 0.2) is 42.1 Å². The third-order valence-electron chi connectivity index (χ3n) is 3.70. The maximum Gasteiger partial charge on any atom is 0.202 e. The molecule has 1 N–H and O–H groups in total. The molecule has 100 valence electrons. The molecule has 0 aromatic heterocycles. The first-order valence-corrected chi connectivity index (χ1v) is 6.25. The molecule has 1 aromatic carbocycles. The molecule has 2 rings (SSSR count). The molecule has 0 saturated carbocycles. The molecule has 1 atom stereocenters. The molecule has 1 aliphatic rings. The summed E-state index contributed by atoms with van der Waals surface area (Å²) in [5, 5.41) is 41.2. The van der Waals surface area contributed by atoms with E-state index in [-0.39, 0.29) is 0 Å². The van der Waals surface area contributed by atoms with Crippen LogP contribution in [0.4, 0.5) is 0 Å². The Kier molecular flexibility index (Phi) is 3.37. The van der Waals surface area contributed by atoms with Crippen LogP contribution in [0, 0.1) is 56.2 Å². The average molecular weight is 273 g/mol. The van der Waals surface area contributed by atoms with Gasteiger partial charge in [0.2, 0.25) is 5.41 Å². The first-order chi connectivity index (χ1) is 10.1. The molecule has 5 nitrogen and oxygen atoms in total. The number of benzene rings is 1. The number of rotatable bonds is 1. The van der Waals surface area contributed by atoms with Crippen molar-refractivity contribution in [2.24, 2.45) is 10.8 Å². The number of allylic oxidation sites excluding steroid dienone is 2. The van der Waals surface area contributed by atoms with Crippen molar-refractivity contribution in [1.82, 2.24) is 5.32 Å². The summed E-state index contributed by atoms with van der Waals surface area (Å²) in [4.78, 5) is 0. The van der Waals surface area contributed by atoms with E-state index >= 15 is 0 Å². The quantitative estimate of drug-likeness (QED) is 0.844. The lowest BCUT2D eigenvalue weighted by molar-refractivity contribution is 0.248. The zero-order valence-corrected chi connectivity index (χ0v) is 11.3. The van der Waals surface area contributed by atoms with Gasteiger partial charge < -0.3 is 5.32 Å². The molecule has 1 heterocycles. The van der Waals surface area contributed by atoms with Gasteiger partial charge >= 0.3 is 0 Å². The van der Waals surface area contributed by atoms with Crippen LogP contribution in [0.2, 0.25) is 0 Å². The minimum absolute atomic E-state index is 0.591. The van der Waals surface area contributed by atoms with Gasteiger partial charge in [-0.3, -0.25) is 0 Å². The summed E-state index contributed by atoms with van der Waals surface area (Å²) in [5.74, 6) is 0. The number of hydrogen-bond donors (Lipinski definition) is 1. The fourth-order valence-corrected chi connectivity index (χ4v) is 2.62. The Morgan fingerprint density at radius 1 is 0.952 bits per heavy atom.